The van der Waals surface area contributed by atoms with Crippen LogP contribution in [0.5, 0.6) is 5.75 Å². The second-order valence-corrected chi connectivity index (χ2v) is 14.1. The Labute approximate surface area is 321 Å². The summed E-state index contributed by atoms with van der Waals surface area (Å²) in [5, 5.41) is 6.18. The summed E-state index contributed by atoms with van der Waals surface area (Å²) in [6, 6.07) is 7.77. The van der Waals surface area contributed by atoms with Gasteiger partial charge in [-0.15, -0.1) is 0 Å². The van der Waals surface area contributed by atoms with Crippen LogP contribution in [0.25, 0.3) is 27.6 Å². The molecule has 0 saturated heterocycles. The van der Waals surface area contributed by atoms with Crippen LogP contribution in [0.2, 0.25) is 5.02 Å². The van der Waals surface area contributed by atoms with E-state index in [0.29, 0.717) is 45.9 Å². The molecule has 6 rings (SSSR count). The lowest BCUT2D eigenvalue weighted by atomic mass is 10.0. The first-order chi connectivity index (χ1) is 26.5. The topological polar surface area (TPSA) is 172 Å². The van der Waals surface area contributed by atoms with Crippen molar-refractivity contribution in [3.05, 3.63) is 109 Å². The minimum absolute atomic E-state index is 0.0125. The minimum atomic E-state index is -1.73. The Hall–Kier alpha value is -6.23. The lowest BCUT2D eigenvalue weighted by Crippen LogP contribution is -2.42. The number of unbranched alkanes of at least 4 members (excludes halogenated alkanes) is 1. The van der Waals surface area contributed by atoms with Gasteiger partial charge in [-0.1, -0.05) is 43.1 Å². The molecule has 0 atom stereocenters. The number of ether oxygens (including phenoxy) is 2. The van der Waals surface area contributed by atoms with Gasteiger partial charge in [0.2, 0.25) is 11.7 Å². The predicted molar refractivity (Wildman–Crippen MR) is 200 cm³/mol. The number of oxazole rings is 1. The van der Waals surface area contributed by atoms with Crippen molar-refractivity contribution in [2.24, 2.45) is 0 Å². The Bertz CT molecular complexity index is 2610. The summed E-state index contributed by atoms with van der Waals surface area (Å²) in [5.74, 6) is -5.95. The molecule has 0 fully saturated rings. The monoisotopic (exact) mass is 793 g/mol. The van der Waals surface area contributed by atoms with Gasteiger partial charge in [-0.05, 0) is 56.5 Å². The molecule has 0 spiro atoms. The van der Waals surface area contributed by atoms with Gasteiger partial charge in [-0.3, -0.25) is 14.3 Å². The first-order valence-electron chi connectivity index (χ1n) is 17.3. The maximum Gasteiger partial charge on any atom is 0.407 e. The average Bonchev–Trinajstić information content (AvgIpc) is 3.50. The van der Waals surface area contributed by atoms with Crippen molar-refractivity contribution in [3.63, 3.8) is 0 Å². The number of alkyl carbamates (subject to hydrolysis) is 1. The number of carbonyl (C=O) groups is 2. The molecule has 0 aliphatic rings. The third-order valence-corrected chi connectivity index (χ3v) is 8.55. The van der Waals surface area contributed by atoms with E-state index in [0.717, 1.165) is 4.57 Å². The van der Waals surface area contributed by atoms with Crippen LogP contribution >= 0.6 is 11.6 Å². The highest BCUT2D eigenvalue weighted by Gasteiger charge is 2.26. The summed E-state index contributed by atoms with van der Waals surface area (Å²) >= 11 is 6.68. The first kappa shape index (κ1) is 39.5. The van der Waals surface area contributed by atoms with Crippen molar-refractivity contribution < 1.29 is 36.7 Å². The lowest BCUT2D eigenvalue weighted by molar-refractivity contribution is -0.134. The number of aryl methyl sites for hydroxylation is 1. The molecule has 292 valence electrons. The van der Waals surface area contributed by atoms with Gasteiger partial charge in [0.05, 0.1) is 23.5 Å². The van der Waals surface area contributed by atoms with Crippen molar-refractivity contribution in [1.82, 2.24) is 29.4 Å². The van der Waals surface area contributed by atoms with E-state index in [9.17, 15) is 32.3 Å². The molecule has 3 aromatic carbocycles. The quantitative estimate of drug-likeness (QED) is 0.0762. The predicted octanol–water partition coefficient (Wildman–Crippen LogP) is 7.37. The number of nitrogens with one attached hydrogen (secondary N) is 2. The van der Waals surface area contributed by atoms with Crippen molar-refractivity contribution in [2.75, 3.05) is 5.32 Å². The molecule has 0 bridgehead atoms. The Balaban J connectivity index is 1.55. The zero-order valence-electron chi connectivity index (χ0n) is 30.8. The number of carbonyl (C=O) groups excluding carboxylic acids is 2. The number of pyridine rings is 1. The van der Waals surface area contributed by atoms with Gasteiger partial charge in [0.1, 0.15) is 16.8 Å². The summed E-state index contributed by atoms with van der Waals surface area (Å²) < 4.78 is 61.3. The number of aromatic nitrogens is 5. The van der Waals surface area contributed by atoms with Crippen LogP contribution in [0.1, 0.15) is 64.0 Å². The molecule has 3 aromatic heterocycles. The van der Waals surface area contributed by atoms with Gasteiger partial charge in [-0.2, -0.15) is 4.98 Å². The molecule has 0 aliphatic heterocycles. The number of anilines is 2. The third kappa shape index (κ3) is 8.36. The molecule has 0 saturated carbocycles. The summed E-state index contributed by atoms with van der Waals surface area (Å²) in [6.07, 6.45) is 3.24. The summed E-state index contributed by atoms with van der Waals surface area (Å²) in [7, 11) is 0. The number of hydrogen-bond acceptors (Lipinski definition) is 11. The van der Waals surface area contributed by atoms with E-state index in [2.05, 4.69) is 25.6 Å². The fourth-order valence-electron chi connectivity index (χ4n) is 5.84. The smallest absolute Gasteiger partial charge is 0.407 e. The highest BCUT2D eigenvalue weighted by atomic mass is 35.5. The third-order valence-electron chi connectivity index (χ3n) is 8.25. The normalized spacial score (nSPS) is 11.6. The minimum Gasteiger partial charge on any atom is -0.444 e. The molecule has 56 heavy (non-hydrogen) atoms. The highest BCUT2D eigenvalue weighted by molar-refractivity contribution is 6.34. The molecule has 6 aromatic rings. The van der Waals surface area contributed by atoms with Crippen molar-refractivity contribution >= 4 is 57.2 Å². The van der Waals surface area contributed by atoms with E-state index in [1.54, 1.807) is 45.9 Å². The summed E-state index contributed by atoms with van der Waals surface area (Å²) in [5.41, 5.74) is -2.73. The molecule has 14 nitrogen and oxygen atoms in total. The molecule has 3 heterocycles. The zero-order chi connectivity index (χ0) is 40.5. The molecule has 0 radical (unpaired) electrons. The lowest BCUT2D eigenvalue weighted by Gasteiger charge is -2.20. The van der Waals surface area contributed by atoms with E-state index < -0.39 is 59.0 Å². The SMILES string of the molecule is CCCCC(=O)Oc1c(Nc2nc(=O)n(-c3cncc4cccc(CNC(=O)OC(C)(C)C)c34)c(=O)n2Cc2cc(F)c(F)c(F)c2)c(Cl)cc2nc(C)oc12. The zero-order valence-corrected chi connectivity index (χ0v) is 31.5. The van der Waals surface area contributed by atoms with Crippen molar-refractivity contribution in [3.8, 4) is 11.4 Å². The summed E-state index contributed by atoms with van der Waals surface area (Å²) in [6.45, 7) is 7.80. The Morgan fingerprint density at radius 2 is 1.77 bits per heavy atom. The standard InChI is InChI=1S/C38H35ClF3N7O7/c1-6-7-11-28(50)55-33-31(23(39)14-26-32(33)54-19(2)45-26)46-34-47-35(51)49(37(53)48(34)18-20-12-24(40)30(42)25(41)13-20)27-17-43-15-21-9-8-10-22(29(21)27)16-44-36(52)56-38(3,4)5/h8-10,12-15,17H,6-7,11,16,18H2,1-5H3,(H,44,52)(H,46,47,51). The summed E-state index contributed by atoms with van der Waals surface area (Å²) in [4.78, 5) is 66.7. The molecule has 2 N–H and O–H groups in total. The molecule has 1 amide bonds. The van der Waals surface area contributed by atoms with Crippen LogP contribution < -0.4 is 26.7 Å². The Morgan fingerprint density at radius 3 is 2.46 bits per heavy atom. The fourth-order valence-corrected chi connectivity index (χ4v) is 6.08. The number of amides is 1. The van der Waals surface area contributed by atoms with Crippen LogP contribution in [-0.2, 0) is 22.6 Å². The van der Waals surface area contributed by atoms with Crippen LogP contribution in [0, 0.1) is 24.4 Å². The number of hydrogen-bond donors (Lipinski definition) is 2. The van der Waals surface area contributed by atoms with Crippen LogP contribution in [-0.4, -0.2) is 41.7 Å². The van der Waals surface area contributed by atoms with Gasteiger partial charge in [0.25, 0.3) is 0 Å². The number of benzene rings is 3. The molecule has 18 heteroatoms. The molecule has 0 unspecified atom stereocenters. The Morgan fingerprint density at radius 1 is 1.04 bits per heavy atom. The van der Waals surface area contributed by atoms with E-state index in [-0.39, 0.29) is 57.7 Å². The van der Waals surface area contributed by atoms with Gasteiger partial charge >= 0.3 is 23.4 Å². The van der Waals surface area contributed by atoms with E-state index in [4.69, 9.17) is 25.5 Å². The highest BCUT2D eigenvalue weighted by Crippen LogP contribution is 2.42. The van der Waals surface area contributed by atoms with Crippen LogP contribution in [0.4, 0.5) is 29.6 Å². The first-order valence-corrected chi connectivity index (χ1v) is 17.7. The van der Waals surface area contributed by atoms with Crippen LogP contribution in [0.3, 0.4) is 0 Å². The number of esters is 1. The van der Waals surface area contributed by atoms with E-state index in [1.165, 1.54) is 18.5 Å². The molecule has 0 aliphatic carbocycles. The molecular weight excluding hydrogens is 759 g/mol. The number of nitrogens with zero attached hydrogens (tertiary/aromatic N) is 5. The van der Waals surface area contributed by atoms with Crippen LogP contribution in [0.15, 0.2) is 62.8 Å². The van der Waals surface area contributed by atoms with Gasteiger partial charge in [0.15, 0.2) is 28.9 Å². The second-order valence-electron chi connectivity index (χ2n) is 13.7. The maximum absolute atomic E-state index is 14.6. The number of halogens is 4. The Kier molecular flexibility index (Phi) is 11.2. The van der Waals surface area contributed by atoms with Gasteiger partial charge < -0.3 is 24.5 Å². The maximum atomic E-state index is 14.6. The van der Waals surface area contributed by atoms with Crippen molar-refractivity contribution in [2.45, 2.75) is 72.6 Å². The number of fused-ring (bicyclic) bond motifs is 2. The largest absolute Gasteiger partial charge is 0.444 e. The van der Waals surface area contributed by atoms with Gasteiger partial charge in [0, 0.05) is 36.9 Å². The van der Waals surface area contributed by atoms with Crippen molar-refractivity contribution in [1.29, 1.82) is 0 Å². The van der Waals surface area contributed by atoms with Gasteiger partial charge in [-0.25, -0.2) is 37.1 Å². The second kappa shape index (κ2) is 15.9. The number of rotatable bonds is 11. The fraction of sp³-hybridized carbons (Fsp3) is 0.289. The van der Waals surface area contributed by atoms with E-state index >= 15 is 0 Å². The molecular formula is C38H35ClF3N7O7. The van der Waals surface area contributed by atoms with E-state index in [1.807, 2.05) is 6.92 Å². The average molecular weight is 794 g/mol.